The summed E-state index contributed by atoms with van der Waals surface area (Å²) >= 11 is 1.94. The van der Waals surface area contributed by atoms with Crippen molar-refractivity contribution in [3.8, 4) is 0 Å². The van der Waals surface area contributed by atoms with E-state index in [1.54, 1.807) is 0 Å². The highest BCUT2D eigenvalue weighted by atomic mass is 32.2. The van der Waals surface area contributed by atoms with Crippen LogP contribution in [0, 0.1) is 0 Å². The molecule has 0 radical (unpaired) electrons. The first-order valence-corrected chi connectivity index (χ1v) is 5.66. The molecule has 68 valence electrons. The lowest BCUT2D eigenvalue weighted by molar-refractivity contribution is 0.946. The SMILES string of the molecule is CCCC1=CC=C2CC=CC=C2S1. The highest BCUT2D eigenvalue weighted by Crippen LogP contribution is 2.39. The Hall–Kier alpha value is -0.690. The van der Waals surface area contributed by atoms with E-state index in [-0.39, 0.29) is 0 Å². The van der Waals surface area contributed by atoms with Crippen molar-refractivity contribution >= 4 is 11.8 Å². The van der Waals surface area contributed by atoms with E-state index in [0.29, 0.717) is 0 Å². The van der Waals surface area contributed by atoms with Crippen molar-refractivity contribution in [3.05, 3.63) is 45.8 Å². The molecule has 0 aromatic heterocycles. The van der Waals surface area contributed by atoms with E-state index in [2.05, 4.69) is 37.3 Å². The fraction of sp³-hybridized carbons (Fsp3) is 0.333. The van der Waals surface area contributed by atoms with Gasteiger partial charge in [-0.05, 0) is 29.4 Å². The predicted molar refractivity (Wildman–Crippen MR) is 60.5 cm³/mol. The molecule has 1 heteroatoms. The monoisotopic (exact) mass is 190 g/mol. The van der Waals surface area contributed by atoms with Crippen molar-refractivity contribution in [1.29, 1.82) is 0 Å². The van der Waals surface area contributed by atoms with Crippen molar-refractivity contribution < 1.29 is 0 Å². The molecule has 0 aromatic carbocycles. The van der Waals surface area contributed by atoms with Crippen LogP contribution in [-0.2, 0) is 0 Å². The van der Waals surface area contributed by atoms with Gasteiger partial charge in [-0.25, -0.2) is 0 Å². The Labute approximate surface area is 84.1 Å². The lowest BCUT2D eigenvalue weighted by atomic mass is 10.1. The van der Waals surface area contributed by atoms with Gasteiger partial charge in [-0.3, -0.25) is 0 Å². The van der Waals surface area contributed by atoms with E-state index in [4.69, 9.17) is 0 Å². The molecule has 0 unspecified atom stereocenters. The maximum atomic E-state index is 2.28. The summed E-state index contributed by atoms with van der Waals surface area (Å²) in [7, 11) is 0. The molecule has 13 heavy (non-hydrogen) atoms. The third kappa shape index (κ3) is 1.97. The van der Waals surface area contributed by atoms with Crippen LogP contribution in [0.4, 0.5) is 0 Å². The van der Waals surface area contributed by atoms with Crippen LogP contribution >= 0.6 is 11.8 Å². The molecule has 0 nitrogen and oxygen atoms in total. The number of fused-ring (bicyclic) bond motifs is 1. The van der Waals surface area contributed by atoms with Gasteiger partial charge in [0.1, 0.15) is 0 Å². The number of hydrogen-bond acceptors (Lipinski definition) is 1. The first-order chi connectivity index (χ1) is 6.40. The highest BCUT2D eigenvalue weighted by molar-refractivity contribution is 8.07. The summed E-state index contributed by atoms with van der Waals surface area (Å²) in [6.45, 7) is 2.23. The number of thioether (sulfide) groups is 1. The Morgan fingerprint density at radius 3 is 3.08 bits per heavy atom. The van der Waals surface area contributed by atoms with Crippen molar-refractivity contribution in [3.63, 3.8) is 0 Å². The van der Waals surface area contributed by atoms with Crippen LogP contribution in [0.5, 0.6) is 0 Å². The first-order valence-electron chi connectivity index (χ1n) is 4.85. The number of rotatable bonds is 2. The van der Waals surface area contributed by atoms with Crippen LogP contribution in [0.25, 0.3) is 0 Å². The lowest BCUT2D eigenvalue weighted by Gasteiger charge is -2.18. The summed E-state index contributed by atoms with van der Waals surface area (Å²) in [5.74, 6) is 0. The van der Waals surface area contributed by atoms with Gasteiger partial charge in [0.05, 0.1) is 0 Å². The molecule has 2 aliphatic rings. The topological polar surface area (TPSA) is 0 Å². The lowest BCUT2D eigenvalue weighted by Crippen LogP contribution is -1.94. The van der Waals surface area contributed by atoms with Crippen LogP contribution in [0.1, 0.15) is 26.2 Å². The summed E-state index contributed by atoms with van der Waals surface area (Å²) in [6.07, 6.45) is 14.7. The van der Waals surface area contributed by atoms with E-state index in [1.165, 1.54) is 28.2 Å². The molecule has 0 saturated heterocycles. The van der Waals surface area contributed by atoms with E-state index in [9.17, 15) is 0 Å². The largest absolute Gasteiger partial charge is 0.0943 e. The second-order valence-corrected chi connectivity index (χ2v) is 4.51. The molecule has 2 rings (SSSR count). The maximum Gasteiger partial charge on any atom is 0.0154 e. The number of allylic oxidation sites excluding steroid dienone is 7. The molecular formula is C12H14S. The van der Waals surface area contributed by atoms with Gasteiger partial charge in [0.15, 0.2) is 0 Å². The summed E-state index contributed by atoms with van der Waals surface area (Å²) < 4.78 is 0. The first kappa shape index (κ1) is 8.89. The van der Waals surface area contributed by atoms with Crippen LogP contribution in [0.2, 0.25) is 0 Å². The standard InChI is InChI=1S/C12H14S/c1-2-5-11-9-8-10-6-3-4-7-12(10)13-11/h3-4,7-9H,2,5-6H2,1H3. The molecule has 1 heterocycles. The molecule has 0 bridgehead atoms. The Morgan fingerprint density at radius 1 is 1.31 bits per heavy atom. The zero-order chi connectivity index (χ0) is 9.10. The summed E-state index contributed by atoms with van der Waals surface area (Å²) in [5.41, 5.74) is 1.48. The van der Waals surface area contributed by atoms with E-state index < -0.39 is 0 Å². The Kier molecular flexibility index (Phi) is 2.74. The molecule has 0 aromatic rings. The quantitative estimate of drug-likeness (QED) is 0.629. The van der Waals surface area contributed by atoms with Crippen LogP contribution < -0.4 is 0 Å². The fourth-order valence-electron chi connectivity index (χ4n) is 1.56. The maximum absolute atomic E-state index is 2.28. The van der Waals surface area contributed by atoms with Crippen molar-refractivity contribution in [2.75, 3.05) is 0 Å². The smallest absolute Gasteiger partial charge is 0.0154 e. The molecule has 0 atom stereocenters. The summed E-state index contributed by atoms with van der Waals surface area (Å²) in [5, 5.41) is 0. The van der Waals surface area contributed by atoms with Crippen molar-refractivity contribution in [2.24, 2.45) is 0 Å². The minimum absolute atomic E-state index is 1.11. The average molecular weight is 190 g/mol. The Balaban J connectivity index is 2.17. The van der Waals surface area contributed by atoms with Gasteiger partial charge in [0.25, 0.3) is 0 Å². The Bertz CT molecular complexity index is 316. The average Bonchev–Trinajstić information content (AvgIpc) is 2.18. The molecule has 0 amide bonds. The Morgan fingerprint density at radius 2 is 2.23 bits per heavy atom. The van der Waals surface area contributed by atoms with Crippen LogP contribution in [-0.4, -0.2) is 0 Å². The predicted octanol–water partition coefficient (Wildman–Crippen LogP) is 4.19. The summed E-state index contributed by atoms with van der Waals surface area (Å²) in [6, 6.07) is 0. The highest BCUT2D eigenvalue weighted by Gasteiger charge is 2.12. The minimum atomic E-state index is 1.11. The second-order valence-electron chi connectivity index (χ2n) is 3.34. The van der Waals surface area contributed by atoms with Gasteiger partial charge in [-0.2, -0.15) is 0 Å². The zero-order valence-corrected chi connectivity index (χ0v) is 8.73. The van der Waals surface area contributed by atoms with Gasteiger partial charge in [0, 0.05) is 4.91 Å². The van der Waals surface area contributed by atoms with Gasteiger partial charge >= 0.3 is 0 Å². The fourth-order valence-corrected chi connectivity index (χ4v) is 2.71. The normalized spacial score (nSPS) is 20.2. The van der Waals surface area contributed by atoms with Crippen LogP contribution in [0.15, 0.2) is 45.8 Å². The van der Waals surface area contributed by atoms with Gasteiger partial charge in [-0.1, -0.05) is 49.4 Å². The number of hydrogen-bond donors (Lipinski definition) is 0. The molecule has 0 spiro atoms. The molecule has 1 aliphatic heterocycles. The minimum Gasteiger partial charge on any atom is -0.0943 e. The van der Waals surface area contributed by atoms with E-state index >= 15 is 0 Å². The third-order valence-electron chi connectivity index (χ3n) is 2.25. The summed E-state index contributed by atoms with van der Waals surface area (Å²) in [4.78, 5) is 2.96. The third-order valence-corrected chi connectivity index (χ3v) is 3.47. The van der Waals surface area contributed by atoms with E-state index in [0.717, 1.165) is 6.42 Å². The molecule has 0 N–H and O–H groups in total. The van der Waals surface area contributed by atoms with Crippen molar-refractivity contribution in [1.82, 2.24) is 0 Å². The van der Waals surface area contributed by atoms with Crippen LogP contribution in [0.3, 0.4) is 0 Å². The zero-order valence-electron chi connectivity index (χ0n) is 7.92. The second kappa shape index (κ2) is 4.01. The molecular weight excluding hydrogens is 176 g/mol. The van der Waals surface area contributed by atoms with Gasteiger partial charge < -0.3 is 0 Å². The van der Waals surface area contributed by atoms with Crippen molar-refractivity contribution in [2.45, 2.75) is 26.2 Å². The molecule has 0 fully saturated rings. The van der Waals surface area contributed by atoms with Gasteiger partial charge in [-0.15, -0.1) is 0 Å². The van der Waals surface area contributed by atoms with Gasteiger partial charge in [0.2, 0.25) is 0 Å². The molecule has 0 saturated carbocycles. The van der Waals surface area contributed by atoms with E-state index in [1.807, 2.05) is 11.8 Å². The molecule has 1 aliphatic carbocycles.